The van der Waals surface area contributed by atoms with Gasteiger partial charge in [0.05, 0.1) is 5.69 Å². The summed E-state index contributed by atoms with van der Waals surface area (Å²) in [4.78, 5) is 0. The van der Waals surface area contributed by atoms with Crippen molar-refractivity contribution in [1.29, 1.82) is 0 Å². The summed E-state index contributed by atoms with van der Waals surface area (Å²) in [6, 6.07) is 8.12. The quantitative estimate of drug-likeness (QED) is 0.751. The Morgan fingerprint density at radius 3 is 2.69 bits per heavy atom. The smallest absolute Gasteiger partial charge is 0.107 e. The van der Waals surface area contributed by atoms with Gasteiger partial charge in [0, 0.05) is 10.9 Å². The molecule has 3 heteroatoms. The van der Waals surface area contributed by atoms with Gasteiger partial charge in [-0.1, -0.05) is 24.3 Å². The largest absolute Gasteiger partial charge is 0.396 e. The summed E-state index contributed by atoms with van der Waals surface area (Å²) >= 11 is 1.39. The average Bonchev–Trinajstić information content (AvgIpc) is 2.52. The molecule has 0 atom stereocenters. The molecule has 66 valence electrons. The van der Waals surface area contributed by atoms with Crippen LogP contribution < -0.4 is 5.73 Å². The summed E-state index contributed by atoms with van der Waals surface area (Å²) in [6.07, 6.45) is 0. The molecule has 2 aromatic rings. The van der Waals surface area contributed by atoms with Gasteiger partial charge in [-0.25, -0.2) is 0 Å². The molecule has 0 aliphatic carbocycles. The van der Waals surface area contributed by atoms with E-state index in [2.05, 4.69) is 17.4 Å². The lowest BCUT2D eigenvalue weighted by atomic mass is 10.1. The van der Waals surface area contributed by atoms with Crippen LogP contribution in [0.5, 0.6) is 0 Å². The van der Waals surface area contributed by atoms with E-state index in [4.69, 9.17) is 5.73 Å². The second kappa shape index (κ2) is 3.18. The van der Waals surface area contributed by atoms with Crippen LogP contribution in [0.15, 0.2) is 29.6 Å². The first-order chi connectivity index (χ1) is 6.29. The summed E-state index contributed by atoms with van der Waals surface area (Å²) in [5, 5.41) is 1.86. The minimum Gasteiger partial charge on any atom is -0.396 e. The van der Waals surface area contributed by atoms with Crippen LogP contribution in [0, 0.1) is 6.92 Å². The monoisotopic (exact) mass is 190 g/mol. The zero-order valence-corrected chi connectivity index (χ0v) is 8.14. The standard InChI is InChI=1S/C10H10N2S/c1-7-4-2-3-5-8(7)10-9(11)6-13-12-10/h2-6H,11H2,1H3. The van der Waals surface area contributed by atoms with E-state index in [1.165, 1.54) is 17.1 Å². The molecule has 13 heavy (non-hydrogen) atoms. The summed E-state index contributed by atoms with van der Waals surface area (Å²) < 4.78 is 4.26. The molecule has 1 heterocycles. The molecule has 1 aromatic heterocycles. The van der Waals surface area contributed by atoms with E-state index in [1.807, 2.05) is 23.6 Å². The van der Waals surface area contributed by atoms with Crippen LogP contribution in [0.25, 0.3) is 11.3 Å². The molecular formula is C10H10N2S. The van der Waals surface area contributed by atoms with Gasteiger partial charge in [0.1, 0.15) is 5.69 Å². The van der Waals surface area contributed by atoms with Crippen molar-refractivity contribution >= 4 is 17.2 Å². The fourth-order valence-corrected chi connectivity index (χ4v) is 1.87. The first-order valence-electron chi connectivity index (χ1n) is 4.05. The van der Waals surface area contributed by atoms with E-state index in [-0.39, 0.29) is 0 Å². The number of hydrogen-bond donors (Lipinski definition) is 1. The van der Waals surface area contributed by atoms with Crippen LogP contribution in [0.2, 0.25) is 0 Å². The van der Waals surface area contributed by atoms with Gasteiger partial charge in [-0.2, -0.15) is 4.37 Å². The van der Waals surface area contributed by atoms with E-state index in [9.17, 15) is 0 Å². The van der Waals surface area contributed by atoms with Crippen molar-refractivity contribution in [3.05, 3.63) is 35.2 Å². The highest BCUT2D eigenvalue weighted by Crippen LogP contribution is 2.28. The highest BCUT2D eigenvalue weighted by atomic mass is 32.1. The molecule has 0 fully saturated rings. The molecule has 1 aromatic carbocycles. The molecule has 0 bridgehead atoms. The normalized spacial score (nSPS) is 10.2. The van der Waals surface area contributed by atoms with Crippen LogP contribution in [0.1, 0.15) is 5.56 Å². The van der Waals surface area contributed by atoms with Gasteiger partial charge < -0.3 is 5.73 Å². The Morgan fingerprint density at radius 1 is 1.31 bits per heavy atom. The van der Waals surface area contributed by atoms with E-state index in [0.29, 0.717) is 0 Å². The topological polar surface area (TPSA) is 38.9 Å². The van der Waals surface area contributed by atoms with Gasteiger partial charge in [0.15, 0.2) is 0 Å². The SMILES string of the molecule is Cc1ccccc1-c1nscc1N. The average molecular weight is 190 g/mol. The number of nitrogens with zero attached hydrogens (tertiary/aromatic N) is 1. The van der Waals surface area contributed by atoms with E-state index in [0.717, 1.165) is 16.9 Å². The lowest BCUT2D eigenvalue weighted by Crippen LogP contribution is -1.88. The second-order valence-electron chi connectivity index (χ2n) is 2.93. The molecule has 0 saturated heterocycles. The number of benzene rings is 1. The van der Waals surface area contributed by atoms with Gasteiger partial charge in [-0.3, -0.25) is 0 Å². The molecule has 0 amide bonds. The fourth-order valence-electron chi connectivity index (χ4n) is 1.29. The highest BCUT2D eigenvalue weighted by Gasteiger charge is 2.06. The predicted molar refractivity (Wildman–Crippen MR) is 56.7 cm³/mol. The maximum absolute atomic E-state index is 5.79. The minimum atomic E-state index is 0.763. The molecule has 2 rings (SSSR count). The number of aromatic nitrogens is 1. The van der Waals surface area contributed by atoms with Crippen molar-refractivity contribution in [2.75, 3.05) is 5.73 Å². The number of nitrogen functional groups attached to an aromatic ring is 1. The minimum absolute atomic E-state index is 0.763. The lowest BCUT2D eigenvalue weighted by molar-refractivity contribution is 1.42. The molecule has 0 aliphatic heterocycles. The zero-order valence-electron chi connectivity index (χ0n) is 7.32. The Balaban J connectivity index is 2.59. The van der Waals surface area contributed by atoms with Crippen molar-refractivity contribution in [2.45, 2.75) is 6.92 Å². The summed E-state index contributed by atoms with van der Waals surface area (Å²) in [7, 11) is 0. The van der Waals surface area contributed by atoms with E-state index >= 15 is 0 Å². The van der Waals surface area contributed by atoms with Crippen LogP contribution in [0.3, 0.4) is 0 Å². The summed E-state index contributed by atoms with van der Waals surface area (Å²) in [5.41, 5.74) is 9.79. The first-order valence-corrected chi connectivity index (χ1v) is 4.88. The maximum Gasteiger partial charge on any atom is 0.107 e. The van der Waals surface area contributed by atoms with Gasteiger partial charge in [-0.15, -0.1) is 0 Å². The highest BCUT2D eigenvalue weighted by molar-refractivity contribution is 7.04. The van der Waals surface area contributed by atoms with Crippen molar-refractivity contribution in [3.8, 4) is 11.3 Å². The number of rotatable bonds is 1. The second-order valence-corrected chi connectivity index (χ2v) is 3.56. The molecule has 0 saturated carbocycles. The maximum atomic E-state index is 5.79. The number of anilines is 1. The van der Waals surface area contributed by atoms with Crippen molar-refractivity contribution in [3.63, 3.8) is 0 Å². The Labute approximate surface area is 81.2 Å². The Hall–Kier alpha value is -1.35. The third-order valence-corrected chi connectivity index (χ3v) is 2.64. The van der Waals surface area contributed by atoms with Gasteiger partial charge >= 0.3 is 0 Å². The lowest BCUT2D eigenvalue weighted by Gasteiger charge is -2.01. The van der Waals surface area contributed by atoms with Crippen LogP contribution >= 0.6 is 11.5 Å². The van der Waals surface area contributed by atoms with Crippen molar-refractivity contribution in [1.82, 2.24) is 4.37 Å². The van der Waals surface area contributed by atoms with Gasteiger partial charge in [0.25, 0.3) is 0 Å². The van der Waals surface area contributed by atoms with Crippen molar-refractivity contribution in [2.24, 2.45) is 0 Å². The third kappa shape index (κ3) is 1.42. The first kappa shape index (κ1) is 8.26. The van der Waals surface area contributed by atoms with Crippen molar-refractivity contribution < 1.29 is 0 Å². The molecule has 0 radical (unpaired) electrons. The van der Waals surface area contributed by atoms with Crippen LogP contribution in [0.4, 0.5) is 5.69 Å². The number of aryl methyl sites for hydroxylation is 1. The number of nitrogens with two attached hydrogens (primary N) is 1. The fraction of sp³-hybridized carbons (Fsp3) is 0.100. The zero-order chi connectivity index (χ0) is 9.26. The summed E-state index contributed by atoms with van der Waals surface area (Å²) in [6.45, 7) is 2.06. The molecule has 2 N–H and O–H groups in total. The van der Waals surface area contributed by atoms with Crippen LogP contribution in [-0.4, -0.2) is 4.37 Å². The molecule has 0 spiro atoms. The molecule has 0 aliphatic rings. The molecular weight excluding hydrogens is 180 g/mol. The Morgan fingerprint density at radius 2 is 2.08 bits per heavy atom. The Kier molecular flexibility index (Phi) is 2.02. The number of hydrogen-bond acceptors (Lipinski definition) is 3. The molecule has 2 nitrogen and oxygen atoms in total. The molecule has 0 unspecified atom stereocenters. The third-order valence-electron chi connectivity index (χ3n) is 2.00. The Bertz CT molecular complexity index is 420. The van der Waals surface area contributed by atoms with Gasteiger partial charge in [-0.05, 0) is 24.0 Å². The van der Waals surface area contributed by atoms with Gasteiger partial charge in [0.2, 0.25) is 0 Å². The van der Waals surface area contributed by atoms with E-state index in [1.54, 1.807) is 0 Å². The predicted octanol–water partition coefficient (Wildman–Crippen LogP) is 2.70. The van der Waals surface area contributed by atoms with Crippen LogP contribution in [-0.2, 0) is 0 Å². The van der Waals surface area contributed by atoms with E-state index < -0.39 is 0 Å². The summed E-state index contributed by atoms with van der Waals surface area (Å²) in [5.74, 6) is 0.